The number of hydrogen-bond donors (Lipinski definition) is 0. The van der Waals surface area contributed by atoms with Gasteiger partial charge in [-0.3, -0.25) is 0 Å². The largest absolute Gasteiger partial charge is 0.424 e. The van der Waals surface area contributed by atoms with Crippen LogP contribution in [0.15, 0.2) is 30.3 Å². The first-order valence-electron chi connectivity index (χ1n) is 4.67. The van der Waals surface area contributed by atoms with Crippen molar-refractivity contribution in [1.82, 2.24) is 0 Å². The minimum Gasteiger partial charge on any atom is -0.424 e. The maximum absolute atomic E-state index is 5.51. The van der Waals surface area contributed by atoms with Crippen LogP contribution in [0.25, 0.3) is 0 Å². The van der Waals surface area contributed by atoms with E-state index in [2.05, 4.69) is 45.0 Å². The van der Waals surface area contributed by atoms with E-state index in [9.17, 15) is 0 Å². The number of rotatable bonds is 3. The minimum absolute atomic E-state index is 0.114. The summed E-state index contributed by atoms with van der Waals surface area (Å²) in [5.41, 5.74) is 1.46. The zero-order valence-corrected chi connectivity index (χ0v) is 10.9. The fourth-order valence-corrected chi connectivity index (χ4v) is 1.99. The van der Waals surface area contributed by atoms with E-state index in [1.807, 2.05) is 6.07 Å². The van der Waals surface area contributed by atoms with Crippen LogP contribution < -0.4 is 0 Å². The monoisotopic (exact) mass is 194 g/mol. The number of benzene rings is 1. The van der Waals surface area contributed by atoms with Gasteiger partial charge in [0, 0.05) is 5.41 Å². The summed E-state index contributed by atoms with van der Waals surface area (Å²) in [6.45, 7) is 6.59. The third kappa shape index (κ3) is 2.20. The van der Waals surface area contributed by atoms with E-state index in [1.165, 1.54) is 5.56 Å². The van der Waals surface area contributed by atoms with Crippen LogP contribution in [0.2, 0.25) is 0 Å². The summed E-state index contributed by atoms with van der Waals surface area (Å²) in [5, 5.41) is 0. The molecule has 0 saturated heterocycles. The maximum atomic E-state index is 5.51. The van der Waals surface area contributed by atoms with Crippen LogP contribution in [0.5, 0.6) is 0 Å². The van der Waals surface area contributed by atoms with Gasteiger partial charge in [-0.25, -0.2) is 0 Å². The summed E-state index contributed by atoms with van der Waals surface area (Å²) < 4.78 is 5.51. The van der Waals surface area contributed by atoms with Crippen molar-refractivity contribution in [3.63, 3.8) is 0 Å². The fraction of sp³-hybridized carbons (Fsp3) is 0.455. The molecule has 0 fully saturated rings. The Morgan fingerprint density at radius 2 is 1.77 bits per heavy atom. The second-order valence-electron chi connectivity index (χ2n) is 3.97. The minimum atomic E-state index is 0.114. The summed E-state index contributed by atoms with van der Waals surface area (Å²) in [4.78, 5) is 0. The van der Waals surface area contributed by atoms with E-state index in [0.29, 0.717) is 6.10 Å². The molecule has 0 saturated carbocycles. The maximum Gasteiger partial charge on any atom is 0.146 e. The molecule has 0 aliphatic carbocycles. The van der Waals surface area contributed by atoms with Crippen LogP contribution in [-0.2, 0) is 9.84 Å². The fourth-order valence-electron chi connectivity index (χ4n) is 1.40. The standard InChI is InChI=1S/C11H18OSi/c1-9(12-13)11(2,3)10-7-5-4-6-8-10/h4-9H,1-3,13H3. The molecule has 1 unspecified atom stereocenters. The van der Waals surface area contributed by atoms with Crippen molar-refractivity contribution in [2.45, 2.75) is 32.3 Å². The molecule has 0 N–H and O–H groups in total. The summed E-state index contributed by atoms with van der Waals surface area (Å²) in [5.74, 6) is 0. The summed E-state index contributed by atoms with van der Waals surface area (Å²) in [7, 11) is 0.805. The van der Waals surface area contributed by atoms with Gasteiger partial charge < -0.3 is 4.43 Å². The molecule has 13 heavy (non-hydrogen) atoms. The van der Waals surface area contributed by atoms with Crippen LogP contribution in [0.4, 0.5) is 0 Å². The highest BCUT2D eigenvalue weighted by atomic mass is 28.2. The third-order valence-corrected chi connectivity index (χ3v) is 3.59. The molecule has 1 nitrogen and oxygen atoms in total. The van der Waals surface area contributed by atoms with Gasteiger partial charge in [0.05, 0.1) is 6.10 Å². The molecule has 1 atom stereocenters. The molecule has 0 radical (unpaired) electrons. The van der Waals surface area contributed by atoms with Crippen molar-refractivity contribution in [2.75, 3.05) is 0 Å². The van der Waals surface area contributed by atoms with Gasteiger partial charge in [-0.05, 0) is 12.5 Å². The summed E-state index contributed by atoms with van der Waals surface area (Å²) >= 11 is 0. The average molecular weight is 194 g/mol. The Morgan fingerprint density at radius 3 is 2.23 bits per heavy atom. The lowest BCUT2D eigenvalue weighted by atomic mass is 9.80. The Balaban J connectivity index is 2.93. The topological polar surface area (TPSA) is 9.23 Å². The van der Waals surface area contributed by atoms with E-state index in [-0.39, 0.29) is 5.41 Å². The van der Waals surface area contributed by atoms with E-state index in [0.717, 1.165) is 10.5 Å². The summed E-state index contributed by atoms with van der Waals surface area (Å²) in [6, 6.07) is 10.5. The molecule has 0 bridgehead atoms. The molecule has 2 heteroatoms. The Labute approximate surface area is 83.7 Å². The lowest BCUT2D eigenvalue weighted by Gasteiger charge is -2.31. The lowest BCUT2D eigenvalue weighted by molar-refractivity contribution is 0.157. The molecule has 0 heterocycles. The van der Waals surface area contributed by atoms with Gasteiger partial charge in [-0.2, -0.15) is 0 Å². The van der Waals surface area contributed by atoms with Gasteiger partial charge in [0.25, 0.3) is 0 Å². The van der Waals surface area contributed by atoms with Crippen molar-refractivity contribution in [1.29, 1.82) is 0 Å². The Kier molecular flexibility index (Phi) is 3.28. The van der Waals surface area contributed by atoms with Gasteiger partial charge in [-0.1, -0.05) is 44.2 Å². The van der Waals surface area contributed by atoms with Crippen LogP contribution >= 0.6 is 0 Å². The first-order chi connectivity index (χ1) is 6.09. The van der Waals surface area contributed by atoms with E-state index >= 15 is 0 Å². The third-order valence-electron chi connectivity index (χ3n) is 2.89. The van der Waals surface area contributed by atoms with Gasteiger partial charge in [-0.15, -0.1) is 0 Å². The molecular formula is C11H18OSi. The van der Waals surface area contributed by atoms with Crippen molar-refractivity contribution in [3.8, 4) is 0 Å². The predicted molar refractivity (Wildman–Crippen MR) is 60.0 cm³/mol. The zero-order valence-electron chi connectivity index (χ0n) is 8.87. The van der Waals surface area contributed by atoms with Gasteiger partial charge in [0.15, 0.2) is 0 Å². The molecule has 0 aliphatic heterocycles. The number of hydrogen-bond acceptors (Lipinski definition) is 1. The highest BCUT2D eigenvalue weighted by Crippen LogP contribution is 2.27. The molecule has 0 spiro atoms. The van der Waals surface area contributed by atoms with Crippen LogP contribution in [0, 0.1) is 0 Å². The first kappa shape index (κ1) is 10.5. The van der Waals surface area contributed by atoms with Gasteiger partial charge in [0.2, 0.25) is 0 Å². The van der Waals surface area contributed by atoms with Gasteiger partial charge in [0.1, 0.15) is 10.5 Å². The average Bonchev–Trinajstić information content (AvgIpc) is 2.18. The summed E-state index contributed by atoms with van der Waals surface area (Å²) in [6.07, 6.45) is 0.293. The normalized spacial score (nSPS) is 14.4. The van der Waals surface area contributed by atoms with Crippen molar-refractivity contribution in [2.24, 2.45) is 0 Å². The quantitative estimate of drug-likeness (QED) is 0.665. The molecule has 0 amide bonds. The molecule has 72 valence electrons. The molecule has 0 aromatic heterocycles. The van der Waals surface area contributed by atoms with Crippen LogP contribution in [0.1, 0.15) is 26.3 Å². The van der Waals surface area contributed by atoms with E-state index < -0.39 is 0 Å². The highest BCUT2D eigenvalue weighted by molar-refractivity contribution is 5.98. The smallest absolute Gasteiger partial charge is 0.146 e. The Morgan fingerprint density at radius 1 is 1.23 bits per heavy atom. The molecule has 1 aromatic rings. The van der Waals surface area contributed by atoms with Crippen molar-refractivity contribution < 1.29 is 4.43 Å². The van der Waals surface area contributed by atoms with E-state index in [4.69, 9.17) is 4.43 Å². The molecule has 1 aromatic carbocycles. The predicted octanol–water partition coefficient (Wildman–Crippen LogP) is 1.65. The lowest BCUT2D eigenvalue weighted by Crippen LogP contribution is -2.32. The molecule has 0 aliphatic rings. The van der Waals surface area contributed by atoms with Crippen LogP contribution in [0.3, 0.4) is 0 Å². The molecular weight excluding hydrogens is 176 g/mol. The Hall–Kier alpha value is -0.603. The SMILES string of the molecule is CC(O[SiH3])C(C)(C)c1ccccc1. The van der Waals surface area contributed by atoms with Crippen molar-refractivity contribution in [3.05, 3.63) is 35.9 Å². The van der Waals surface area contributed by atoms with E-state index in [1.54, 1.807) is 0 Å². The highest BCUT2D eigenvalue weighted by Gasteiger charge is 2.26. The first-order valence-corrected chi connectivity index (χ1v) is 5.49. The van der Waals surface area contributed by atoms with Crippen molar-refractivity contribution >= 4 is 10.5 Å². The Bertz CT molecular complexity index is 256. The zero-order chi connectivity index (χ0) is 9.90. The second kappa shape index (κ2) is 4.07. The molecule has 1 rings (SSSR count). The van der Waals surface area contributed by atoms with Crippen LogP contribution in [-0.4, -0.2) is 16.6 Å². The second-order valence-corrected chi connectivity index (χ2v) is 4.44. The van der Waals surface area contributed by atoms with Gasteiger partial charge >= 0.3 is 0 Å².